The van der Waals surface area contributed by atoms with Crippen LogP contribution in [0.1, 0.15) is 0 Å². The van der Waals surface area contributed by atoms with Gasteiger partial charge in [0.05, 0.1) is 27.8 Å². The van der Waals surface area contributed by atoms with Crippen LogP contribution in [0.25, 0.3) is 111 Å². The summed E-state index contributed by atoms with van der Waals surface area (Å²) < 4.78 is 11.3. The molecule has 4 heterocycles. The Morgan fingerprint density at radius 3 is 1.61 bits per heavy atom. The zero-order valence-electron chi connectivity index (χ0n) is 30.5. The van der Waals surface area contributed by atoms with E-state index in [1.165, 1.54) is 0 Å². The highest BCUT2D eigenvalue weighted by atomic mass is 16.3. The average Bonchev–Trinajstić information content (AvgIpc) is 3.95. The van der Waals surface area contributed by atoms with E-state index in [9.17, 15) is 0 Å². The molecular formula is C51H31N5O. The van der Waals surface area contributed by atoms with Gasteiger partial charge in [-0.2, -0.15) is 9.97 Å². The lowest BCUT2D eigenvalue weighted by molar-refractivity contribution is 0.666. The van der Waals surface area contributed by atoms with Crippen molar-refractivity contribution in [3.8, 4) is 45.5 Å². The Labute approximate surface area is 326 Å². The SMILES string of the molecule is c1ccc(-c2cccc(-c3nc(-c4ccccc4)nc(-n4c5ccccc5c5ccc6c7ccccc7n(-c7cccc8c7oc7ccccc78)c6c54)n3)c2)cc1. The van der Waals surface area contributed by atoms with Gasteiger partial charge < -0.3 is 8.98 Å². The monoisotopic (exact) mass is 729 g/mol. The maximum atomic E-state index is 6.70. The molecule has 4 aromatic heterocycles. The number of rotatable bonds is 5. The third kappa shape index (κ3) is 4.81. The highest BCUT2D eigenvalue weighted by Crippen LogP contribution is 2.43. The Bertz CT molecular complexity index is 3520. The second-order valence-electron chi connectivity index (χ2n) is 14.4. The summed E-state index contributed by atoms with van der Waals surface area (Å²) in [6.45, 7) is 0. The molecule has 266 valence electrons. The number of furan rings is 1. The van der Waals surface area contributed by atoms with Gasteiger partial charge in [0, 0.05) is 43.4 Å². The first-order valence-corrected chi connectivity index (χ1v) is 19.1. The summed E-state index contributed by atoms with van der Waals surface area (Å²) in [7, 11) is 0. The van der Waals surface area contributed by atoms with Crippen LogP contribution in [0.2, 0.25) is 0 Å². The lowest BCUT2D eigenvalue weighted by Gasteiger charge is -2.14. The summed E-state index contributed by atoms with van der Waals surface area (Å²) in [6.07, 6.45) is 0. The summed E-state index contributed by atoms with van der Waals surface area (Å²) in [6, 6.07) is 65.4. The molecule has 12 aromatic rings. The van der Waals surface area contributed by atoms with Crippen molar-refractivity contribution < 1.29 is 4.42 Å². The van der Waals surface area contributed by atoms with Gasteiger partial charge in [-0.15, -0.1) is 0 Å². The van der Waals surface area contributed by atoms with E-state index in [-0.39, 0.29) is 0 Å². The maximum Gasteiger partial charge on any atom is 0.238 e. The van der Waals surface area contributed by atoms with Gasteiger partial charge in [0.15, 0.2) is 17.2 Å². The van der Waals surface area contributed by atoms with Gasteiger partial charge in [0.2, 0.25) is 5.95 Å². The van der Waals surface area contributed by atoms with Gasteiger partial charge in [-0.05, 0) is 41.5 Å². The van der Waals surface area contributed by atoms with E-state index in [2.05, 4.69) is 161 Å². The van der Waals surface area contributed by atoms with Crippen molar-refractivity contribution in [1.29, 1.82) is 0 Å². The predicted octanol–water partition coefficient (Wildman–Crippen LogP) is 13.0. The van der Waals surface area contributed by atoms with Gasteiger partial charge in [-0.1, -0.05) is 158 Å². The minimum Gasteiger partial charge on any atom is -0.454 e. The third-order valence-electron chi connectivity index (χ3n) is 11.2. The molecule has 0 N–H and O–H groups in total. The number of para-hydroxylation sites is 4. The minimum absolute atomic E-state index is 0.543. The fraction of sp³-hybridized carbons (Fsp3) is 0. The van der Waals surface area contributed by atoms with Crippen molar-refractivity contribution in [3.63, 3.8) is 0 Å². The summed E-state index contributed by atoms with van der Waals surface area (Å²) in [5, 5.41) is 6.67. The maximum absolute atomic E-state index is 6.70. The molecule has 0 aliphatic heterocycles. The van der Waals surface area contributed by atoms with Crippen LogP contribution in [0.15, 0.2) is 192 Å². The van der Waals surface area contributed by atoms with Gasteiger partial charge in [-0.25, -0.2) is 4.98 Å². The summed E-state index contributed by atoms with van der Waals surface area (Å²) in [4.78, 5) is 15.8. The molecule has 0 spiro atoms. The van der Waals surface area contributed by atoms with Crippen molar-refractivity contribution in [1.82, 2.24) is 24.1 Å². The van der Waals surface area contributed by atoms with E-state index in [0.29, 0.717) is 17.6 Å². The van der Waals surface area contributed by atoms with E-state index >= 15 is 0 Å². The van der Waals surface area contributed by atoms with Crippen LogP contribution in [0.4, 0.5) is 0 Å². The van der Waals surface area contributed by atoms with Crippen LogP contribution >= 0.6 is 0 Å². The first kappa shape index (κ1) is 31.5. The molecule has 0 aliphatic carbocycles. The smallest absolute Gasteiger partial charge is 0.238 e. The number of benzene rings is 8. The normalized spacial score (nSPS) is 11.9. The second kappa shape index (κ2) is 12.3. The Kier molecular flexibility index (Phi) is 6.83. The Morgan fingerprint density at radius 1 is 0.351 bits per heavy atom. The molecule has 0 atom stereocenters. The lowest BCUT2D eigenvalue weighted by Crippen LogP contribution is -2.07. The molecule has 0 unspecified atom stereocenters. The number of aromatic nitrogens is 5. The Morgan fingerprint density at radius 2 is 0.877 bits per heavy atom. The topological polar surface area (TPSA) is 61.7 Å². The molecule has 0 fully saturated rings. The van der Waals surface area contributed by atoms with E-state index < -0.39 is 0 Å². The zero-order valence-corrected chi connectivity index (χ0v) is 30.5. The fourth-order valence-corrected chi connectivity index (χ4v) is 8.65. The van der Waals surface area contributed by atoms with Crippen molar-refractivity contribution >= 4 is 65.6 Å². The molecule has 0 aliphatic rings. The number of nitrogens with zero attached hydrogens (tertiary/aromatic N) is 5. The van der Waals surface area contributed by atoms with Crippen LogP contribution < -0.4 is 0 Å². The van der Waals surface area contributed by atoms with Gasteiger partial charge in [0.1, 0.15) is 5.58 Å². The standard InChI is InChI=1S/C51H31N5O/c1-3-15-32(16-4-1)34-19-13-20-35(31-34)50-52-49(33-17-5-2-6-18-33)53-51(54-50)56-43-26-11-8-22-37(43)40-30-29-39-36-21-7-10-25-42(36)55(46(39)47(40)56)44-27-14-24-41-38-23-9-12-28-45(38)57-48(41)44/h1-31H. The first-order valence-electron chi connectivity index (χ1n) is 19.1. The fourth-order valence-electron chi connectivity index (χ4n) is 8.65. The minimum atomic E-state index is 0.543. The van der Waals surface area contributed by atoms with Crippen LogP contribution in [-0.2, 0) is 0 Å². The summed E-state index contributed by atoms with van der Waals surface area (Å²) in [5.74, 6) is 1.75. The van der Waals surface area contributed by atoms with E-state index in [1.54, 1.807) is 0 Å². The van der Waals surface area contributed by atoms with Gasteiger partial charge in [0.25, 0.3) is 0 Å². The quantitative estimate of drug-likeness (QED) is 0.177. The van der Waals surface area contributed by atoms with Crippen molar-refractivity contribution in [2.45, 2.75) is 0 Å². The van der Waals surface area contributed by atoms with Gasteiger partial charge in [-0.3, -0.25) is 4.57 Å². The van der Waals surface area contributed by atoms with E-state index in [0.717, 1.165) is 93.5 Å². The molecule has 6 nitrogen and oxygen atoms in total. The highest BCUT2D eigenvalue weighted by Gasteiger charge is 2.25. The molecule has 0 bridgehead atoms. The van der Waals surface area contributed by atoms with Crippen LogP contribution in [-0.4, -0.2) is 24.1 Å². The first-order chi connectivity index (χ1) is 28.3. The van der Waals surface area contributed by atoms with Crippen molar-refractivity contribution in [2.75, 3.05) is 0 Å². The number of hydrogen-bond acceptors (Lipinski definition) is 4. The molecule has 0 amide bonds. The molecule has 0 radical (unpaired) electrons. The van der Waals surface area contributed by atoms with Crippen LogP contribution in [0, 0.1) is 0 Å². The zero-order chi connectivity index (χ0) is 37.5. The molecular weight excluding hydrogens is 699 g/mol. The molecule has 0 saturated carbocycles. The Balaban J connectivity index is 1.22. The summed E-state index contributed by atoms with van der Waals surface area (Å²) in [5.41, 5.74) is 10.9. The van der Waals surface area contributed by atoms with Crippen molar-refractivity contribution in [2.24, 2.45) is 0 Å². The molecule has 6 heteroatoms. The van der Waals surface area contributed by atoms with Gasteiger partial charge >= 0.3 is 0 Å². The molecule has 57 heavy (non-hydrogen) atoms. The molecule has 0 saturated heterocycles. The summed E-state index contributed by atoms with van der Waals surface area (Å²) >= 11 is 0. The van der Waals surface area contributed by atoms with Crippen LogP contribution in [0.3, 0.4) is 0 Å². The third-order valence-corrected chi connectivity index (χ3v) is 11.2. The number of hydrogen-bond donors (Lipinski definition) is 0. The highest BCUT2D eigenvalue weighted by molar-refractivity contribution is 6.24. The predicted molar refractivity (Wildman–Crippen MR) is 232 cm³/mol. The van der Waals surface area contributed by atoms with Crippen LogP contribution in [0.5, 0.6) is 0 Å². The molecule has 8 aromatic carbocycles. The largest absolute Gasteiger partial charge is 0.454 e. The average molecular weight is 730 g/mol. The second-order valence-corrected chi connectivity index (χ2v) is 14.4. The Hall–Kier alpha value is -7.83. The number of fused-ring (bicyclic) bond motifs is 10. The lowest BCUT2D eigenvalue weighted by atomic mass is 10.0. The van der Waals surface area contributed by atoms with E-state index in [1.807, 2.05) is 36.4 Å². The molecule has 12 rings (SSSR count). The van der Waals surface area contributed by atoms with Crippen molar-refractivity contribution in [3.05, 3.63) is 188 Å². The van der Waals surface area contributed by atoms with E-state index in [4.69, 9.17) is 19.4 Å².